The SMILES string of the molecule is O=C1C2=C(OC3CCC(F)CC13)C(=O)N(c1nc3ccc(F)cc3s1)C2c1cccc(O)c1. The Bertz CT molecular complexity index is 1350. The Morgan fingerprint density at radius 3 is 2.82 bits per heavy atom. The summed E-state index contributed by atoms with van der Waals surface area (Å²) in [6, 6.07) is 9.55. The number of hydrogen-bond acceptors (Lipinski definition) is 6. The number of thiazole rings is 1. The van der Waals surface area contributed by atoms with Crippen LogP contribution in [0.1, 0.15) is 30.9 Å². The number of ether oxygens (including phenoxy) is 1. The van der Waals surface area contributed by atoms with Crippen molar-refractivity contribution in [3.63, 3.8) is 0 Å². The number of ketones is 1. The molecule has 1 amide bonds. The Balaban J connectivity index is 1.51. The second-order valence-electron chi connectivity index (χ2n) is 8.56. The number of aromatic nitrogens is 1. The van der Waals surface area contributed by atoms with E-state index in [-0.39, 0.29) is 40.8 Å². The zero-order valence-corrected chi connectivity index (χ0v) is 18.0. The molecule has 2 aliphatic heterocycles. The highest BCUT2D eigenvalue weighted by atomic mass is 32.1. The van der Waals surface area contributed by atoms with E-state index in [0.717, 1.165) is 11.3 Å². The van der Waals surface area contributed by atoms with Crippen molar-refractivity contribution in [2.75, 3.05) is 4.90 Å². The quantitative estimate of drug-likeness (QED) is 0.595. The molecule has 1 aromatic heterocycles. The van der Waals surface area contributed by atoms with E-state index in [1.54, 1.807) is 12.1 Å². The van der Waals surface area contributed by atoms with Gasteiger partial charge in [-0.1, -0.05) is 23.5 Å². The van der Waals surface area contributed by atoms with Crippen LogP contribution in [-0.4, -0.2) is 34.1 Å². The Morgan fingerprint density at radius 1 is 1.15 bits per heavy atom. The van der Waals surface area contributed by atoms with Crippen molar-refractivity contribution in [2.24, 2.45) is 5.92 Å². The number of alkyl halides is 1. The van der Waals surface area contributed by atoms with Crippen LogP contribution in [0, 0.1) is 11.7 Å². The van der Waals surface area contributed by atoms with Gasteiger partial charge in [0.1, 0.15) is 23.8 Å². The van der Waals surface area contributed by atoms with E-state index in [4.69, 9.17) is 4.74 Å². The van der Waals surface area contributed by atoms with Crippen LogP contribution in [0.3, 0.4) is 0 Å². The molecule has 33 heavy (non-hydrogen) atoms. The third-order valence-corrected chi connectivity index (χ3v) is 7.53. The van der Waals surface area contributed by atoms with Crippen LogP contribution in [0.2, 0.25) is 0 Å². The number of anilines is 1. The number of rotatable bonds is 2. The van der Waals surface area contributed by atoms with Gasteiger partial charge in [-0.2, -0.15) is 0 Å². The molecule has 0 bridgehead atoms. The minimum atomic E-state index is -1.09. The lowest BCUT2D eigenvalue weighted by atomic mass is 9.77. The van der Waals surface area contributed by atoms with Crippen molar-refractivity contribution in [1.82, 2.24) is 4.98 Å². The van der Waals surface area contributed by atoms with Crippen LogP contribution >= 0.6 is 11.3 Å². The lowest BCUT2D eigenvalue weighted by Gasteiger charge is -2.36. The number of Topliss-reactive ketones (excluding diaryl/α,β-unsaturated/α-hetero) is 1. The van der Waals surface area contributed by atoms with E-state index in [2.05, 4.69) is 4.98 Å². The summed E-state index contributed by atoms with van der Waals surface area (Å²) in [6.45, 7) is 0. The number of carbonyl (C=O) groups excluding carboxylic acids is 2. The lowest BCUT2D eigenvalue weighted by Crippen LogP contribution is -2.42. The molecule has 2 aromatic carbocycles. The third-order valence-electron chi connectivity index (χ3n) is 6.51. The molecule has 0 spiro atoms. The fourth-order valence-corrected chi connectivity index (χ4v) is 6.03. The Kier molecular flexibility index (Phi) is 4.52. The van der Waals surface area contributed by atoms with Gasteiger partial charge in [0.2, 0.25) is 0 Å². The van der Waals surface area contributed by atoms with Gasteiger partial charge in [-0.15, -0.1) is 0 Å². The van der Waals surface area contributed by atoms with Gasteiger partial charge in [0, 0.05) is 0 Å². The van der Waals surface area contributed by atoms with Crippen molar-refractivity contribution >= 4 is 38.4 Å². The molecular weight excluding hydrogens is 450 g/mol. The Labute approximate surface area is 191 Å². The van der Waals surface area contributed by atoms with Crippen molar-refractivity contribution < 1.29 is 28.2 Å². The number of nitrogens with zero attached hydrogens (tertiary/aromatic N) is 2. The van der Waals surface area contributed by atoms with Crippen molar-refractivity contribution in [3.05, 3.63) is 65.2 Å². The molecule has 4 unspecified atom stereocenters. The number of carbonyl (C=O) groups is 2. The normalized spacial score (nSPS) is 27.0. The van der Waals surface area contributed by atoms with Gasteiger partial charge in [0.25, 0.3) is 5.91 Å². The van der Waals surface area contributed by atoms with Crippen molar-refractivity contribution in [2.45, 2.75) is 37.6 Å². The van der Waals surface area contributed by atoms with Crippen LogP contribution in [0.5, 0.6) is 5.75 Å². The monoisotopic (exact) mass is 468 g/mol. The molecule has 1 fully saturated rings. The number of halogens is 2. The Hall–Kier alpha value is -3.33. The summed E-state index contributed by atoms with van der Waals surface area (Å²) in [5.74, 6) is -1.98. The molecule has 6 rings (SSSR count). The Morgan fingerprint density at radius 2 is 2.00 bits per heavy atom. The zero-order valence-electron chi connectivity index (χ0n) is 17.2. The van der Waals surface area contributed by atoms with E-state index in [1.165, 1.54) is 35.2 Å². The second kappa shape index (κ2) is 7.34. The van der Waals surface area contributed by atoms with Crippen LogP contribution < -0.4 is 4.90 Å². The average molecular weight is 468 g/mol. The van der Waals surface area contributed by atoms with E-state index >= 15 is 0 Å². The summed E-state index contributed by atoms with van der Waals surface area (Å²) >= 11 is 1.13. The highest BCUT2D eigenvalue weighted by Gasteiger charge is 2.54. The number of aromatic hydroxyl groups is 1. The first kappa shape index (κ1) is 20.3. The van der Waals surface area contributed by atoms with Gasteiger partial charge in [0.05, 0.1) is 27.7 Å². The molecule has 9 heteroatoms. The van der Waals surface area contributed by atoms with E-state index in [9.17, 15) is 23.5 Å². The summed E-state index contributed by atoms with van der Waals surface area (Å²) in [6.07, 6.45) is -0.927. The predicted octanol–water partition coefficient (Wildman–Crippen LogP) is 4.59. The van der Waals surface area contributed by atoms with E-state index in [0.29, 0.717) is 22.2 Å². The number of amides is 1. The fourth-order valence-electron chi connectivity index (χ4n) is 5.01. The van der Waals surface area contributed by atoms with Crippen LogP contribution in [0.15, 0.2) is 53.8 Å². The van der Waals surface area contributed by atoms with Gasteiger partial charge in [-0.3, -0.25) is 14.5 Å². The number of fused-ring (bicyclic) bond motifs is 2. The number of phenols is 1. The second-order valence-corrected chi connectivity index (χ2v) is 9.57. The minimum absolute atomic E-state index is 0.0242. The maximum Gasteiger partial charge on any atom is 0.296 e. The third kappa shape index (κ3) is 3.13. The number of phenolic OH excluding ortho intramolecular Hbond substituents is 1. The van der Waals surface area contributed by atoms with Gasteiger partial charge >= 0.3 is 0 Å². The largest absolute Gasteiger partial charge is 0.508 e. The van der Waals surface area contributed by atoms with Crippen LogP contribution in [0.4, 0.5) is 13.9 Å². The first-order chi connectivity index (χ1) is 15.9. The van der Waals surface area contributed by atoms with E-state index in [1.807, 2.05) is 0 Å². The molecule has 4 atom stereocenters. The first-order valence-electron chi connectivity index (χ1n) is 10.7. The smallest absolute Gasteiger partial charge is 0.296 e. The molecular formula is C24H18F2N2O4S. The highest BCUT2D eigenvalue weighted by molar-refractivity contribution is 7.22. The first-order valence-corrected chi connectivity index (χ1v) is 11.5. The van der Waals surface area contributed by atoms with E-state index < -0.39 is 36.0 Å². The summed E-state index contributed by atoms with van der Waals surface area (Å²) in [5.41, 5.74) is 1.18. The van der Waals surface area contributed by atoms with Gasteiger partial charge in [0.15, 0.2) is 16.7 Å². The topological polar surface area (TPSA) is 79.7 Å². The molecule has 0 radical (unpaired) electrons. The number of hydrogen-bond donors (Lipinski definition) is 1. The summed E-state index contributed by atoms with van der Waals surface area (Å²) in [4.78, 5) is 33.0. The lowest BCUT2D eigenvalue weighted by molar-refractivity contribution is -0.133. The summed E-state index contributed by atoms with van der Waals surface area (Å²) in [5, 5.41) is 10.4. The molecule has 1 N–H and O–H groups in total. The summed E-state index contributed by atoms with van der Waals surface area (Å²) < 4.78 is 34.5. The zero-order chi connectivity index (χ0) is 22.9. The maximum absolute atomic E-state index is 14.1. The summed E-state index contributed by atoms with van der Waals surface area (Å²) in [7, 11) is 0. The molecule has 3 heterocycles. The molecule has 3 aliphatic rings. The molecule has 168 valence electrons. The van der Waals surface area contributed by atoms with Crippen molar-refractivity contribution in [1.29, 1.82) is 0 Å². The number of benzene rings is 2. The van der Waals surface area contributed by atoms with Crippen LogP contribution in [0.25, 0.3) is 10.2 Å². The fraction of sp³-hybridized carbons (Fsp3) is 0.292. The van der Waals surface area contributed by atoms with Crippen molar-refractivity contribution in [3.8, 4) is 5.75 Å². The average Bonchev–Trinajstić information content (AvgIpc) is 3.32. The molecule has 3 aromatic rings. The molecule has 1 saturated carbocycles. The maximum atomic E-state index is 14.1. The molecule has 0 saturated heterocycles. The van der Waals surface area contributed by atoms with Crippen LogP contribution in [-0.2, 0) is 14.3 Å². The predicted molar refractivity (Wildman–Crippen MR) is 117 cm³/mol. The minimum Gasteiger partial charge on any atom is -0.508 e. The molecule has 1 aliphatic carbocycles. The molecule has 6 nitrogen and oxygen atoms in total. The van der Waals surface area contributed by atoms with Gasteiger partial charge < -0.3 is 9.84 Å². The standard InChI is InChI=1S/C24H18F2N2O4S/c25-12-5-7-17-15(9-12)21(30)19-20(11-2-1-3-14(29)8-11)28(23(31)22(19)32-17)24-27-16-6-4-13(26)10-18(16)33-24/h1-4,6,8,10,12,15,17,20,29H,5,7,9H2. The van der Waals surface area contributed by atoms with Gasteiger partial charge in [-0.25, -0.2) is 13.8 Å². The van der Waals surface area contributed by atoms with Gasteiger partial charge in [-0.05, 0) is 55.2 Å². The highest BCUT2D eigenvalue weighted by Crippen LogP contribution is 2.49.